The number of rotatable bonds is 5. The molecule has 23 heavy (non-hydrogen) atoms. The Hall–Kier alpha value is -2.82. The minimum absolute atomic E-state index is 0.151. The number of benzene rings is 2. The molecule has 0 heterocycles. The van der Waals surface area contributed by atoms with Crippen LogP contribution in [0.15, 0.2) is 54.6 Å². The first-order valence-electron chi connectivity index (χ1n) is 7.66. The van der Waals surface area contributed by atoms with E-state index >= 15 is 0 Å². The molecule has 3 amide bonds. The molecule has 120 valence electrons. The second kappa shape index (κ2) is 7.98. The first kappa shape index (κ1) is 16.5. The number of carbonyl (C=O) groups is 2. The zero-order chi connectivity index (χ0) is 16.7. The molecule has 2 aromatic rings. The molecule has 5 heteroatoms. The van der Waals surface area contributed by atoms with E-state index in [1.54, 1.807) is 41.3 Å². The van der Waals surface area contributed by atoms with Crippen molar-refractivity contribution in [3.05, 3.63) is 60.2 Å². The van der Waals surface area contributed by atoms with Crippen LogP contribution < -0.4 is 10.6 Å². The highest BCUT2D eigenvalue weighted by molar-refractivity contribution is 6.04. The van der Waals surface area contributed by atoms with Crippen LogP contribution in [-0.4, -0.2) is 29.9 Å². The number of carbonyl (C=O) groups excluding carboxylic acids is 2. The van der Waals surface area contributed by atoms with Crippen molar-refractivity contribution in [2.75, 3.05) is 23.7 Å². The molecular weight excluding hydrogens is 290 g/mol. The predicted molar refractivity (Wildman–Crippen MR) is 92.8 cm³/mol. The maximum Gasteiger partial charge on any atom is 0.321 e. The third kappa shape index (κ3) is 4.57. The molecule has 0 aliphatic heterocycles. The molecule has 0 saturated heterocycles. The van der Waals surface area contributed by atoms with Gasteiger partial charge in [-0.05, 0) is 44.2 Å². The third-order valence-corrected chi connectivity index (χ3v) is 3.46. The highest BCUT2D eigenvalue weighted by Crippen LogP contribution is 2.16. The first-order valence-corrected chi connectivity index (χ1v) is 7.66. The smallest absolute Gasteiger partial charge is 0.321 e. The Balaban J connectivity index is 2.05. The maximum absolute atomic E-state index is 12.1. The molecule has 0 fully saturated rings. The van der Waals surface area contributed by atoms with E-state index in [1.807, 2.05) is 32.0 Å². The van der Waals surface area contributed by atoms with E-state index in [-0.39, 0.29) is 11.9 Å². The third-order valence-electron chi connectivity index (χ3n) is 3.46. The molecule has 0 bridgehead atoms. The van der Waals surface area contributed by atoms with Crippen molar-refractivity contribution in [1.29, 1.82) is 0 Å². The van der Waals surface area contributed by atoms with Crippen LogP contribution in [0.1, 0.15) is 24.2 Å². The lowest BCUT2D eigenvalue weighted by Gasteiger charge is -2.19. The Morgan fingerprint density at radius 3 is 2.09 bits per heavy atom. The fourth-order valence-corrected chi connectivity index (χ4v) is 2.18. The van der Waals surface area contributed by atoms with Gasteiger partial charge in [0.2, 0.25) is 0 Å². The number of amides is 3. The van der Waals surface area contributed by atoms with E-state index in [0.717, 1.165) is 0 Å². The lowest BCUT2D eigenvalue weighted by atomic mass is 10.2. The number of nitrogens with one attached hydrogen (secondary N) is 2. The summed E-state index contributed by atoms with van der Waals surface area (Å²) in [6.45, 7) is 5.15. The van der Waals surface area contributed by atoms with Gasteiger partial charge >= 0.3 is 6.03 Å². The van der Waals surface area contributed by atoms with Crippen molar-refractivity contribution < 1.29 is 9.59 Å². The molecule has 2 rings (SSSR count). The Kier molecular flexibility index (Phi) is 5.74. The lowest BCUT2D eigenvalue weighted by molar-refractivity contribution is 0.102. The standard InChI is InChI=1S/C18H21N3O2/c1-3-21(4-2)18(23)20-16-12-8-11-15(13-16)19-17(22)14-9-6-5-7-10-14/h5-13H,3-4H2,1-2H3,(H,19,22)(H,20,23). The van der Waals surface area contributed by atoms with Crippen LogP contribution in [0, 0.1) is 0 Å². The van der Waals surface area contributed by atoms with Gasteiger partial charge in [-0.2, -0.15) is 0 Å². The van der Waals surface area contributed by atoms with Crippen LogP contribution in [-0.2, 0) is 0 Å². The summed E-state index contributed by atoms with van der Waals surface area (Å²) < 4.78 is 0. The number of anilines is 2. The molecule has 0 radical (unpaired) electrons. The van der Waals surface area contributed by atoms with E-state index < -0.39 is 0 Å². The molecule has 0 aliphatic rings. The van der Waals surface area contributed by atoms with Gasteiger partial charge in [-0.1, -0.05) is 24.3 Å². The molecule has 0 aromatic heterocycles. The molecule has 2 aromatic carbocycles. The van der Waals surface area contributed by atoms with E-state index in [9.17, 15) is 9.59 Å². The first-order chi connectivity index (χ1) is 11.1. The van der Waals surface area contributed by atoms with E-state index in [0.29, 0.717) is 30.0 Å². The summed E-state index contributed by atoms with van der Waals surface area (Å²) in [6.07, 6.45) is 0. The largest absolute Gasteiger partial charge is 0.325 e. The van der Waals surface area contributed by atoms with Gasteiger partial charge in [0.1, 0.15) is 0 Å². The highest BCUT2D eigenvalue weighted by atomic mass is 16.2. The lowest BCUT2D eigenvalue weighted by Crippen LogP contribution is -2.34. The SMILES string of the molecule is CCN(CC)C(=O)Nc1cccc(NC(=O)c2ccccc2)c1. The topological polar surface area (TPSA) is 61.4 Å². The van der Waals surface area contributed by atoms with Crippen LogP contribution in [0.5, 0.6) is 0 Å². The fourth-order valence-electron chi connectivity index (χ4n) is 2.18. The minimum Gasteiger partial charge on any atom is -0.325 e. The van der Waals surface area contributed by atoms with E-state index in [4.69, 9.17) is 0 Å². The normalized spacial score (nSPS) is 10.0. The summed E-state index contributed by atoms with van der Waals surface area (Å²) in [6, 6.07) is 15.9. The molecule has 0 atom stereocenters. The Labute approximate surface area is 136 Å². The van der Waals surface area contributed by atoms with Crippen LogP contribution in [0.25, 0.3) is 0 Å². The summed E-state index contributed by atoms with van der Waals surface area (Å²) in [4.78, 5) is 25.9. The zero-order valence-electron chi connectivity index (χ0n) is 13.4. The Morgan fingerprint density at radius 1 is 0.870 bits per heavy atom. The second-order valence-corrected chi connectivity index (χ2v) is 5.00. The monoisotopic (exact) mass is 311 g/mol. The quantitative estimate of drug-likeness (QED) is 0.882. The second-order valence-electron chi connectivity index (χ2n) is 5.00. The predicted octanol–water partition coefficient (Wildman–Crippen LogP) is 3.81. The van der Waals surface area contributed by atoms with Gasteiger partial charge in [0, 0.05) is 30.0 Å². The molecule has 2 N–H and O–H groups in total. The average Bonchev–Trinajstić information content (AvgIpc) is 2.57. The van der Waals surface area contributed by atoms with E-state index in [1.165, 1.54) is 0 Å². The Bertz CT molecular complexity index is 667. The summed E-state index contributed by atoms with van der Waals surface area (Å²) in [7, 11) is 0. The number of urea groups is 1. The van der Waals surface area contributed by atoms with Crippen molar-refractivity contribution in [2.45, 2.75) is 13.8 Å². The number of nitrogens with zero attached hydrogens (tertiary/aromatic N) is 1. The molecular formula is C18H21N3O2. The van der Waals surface area contributed by atoms with Crippen molar-refractivity contribution in [3.63, 3.8) is 0 Å². The van der Waals surface area contributed by atoms with Gasteiger partial charge in [-0.3, -0.25) is 4.79 Å². The van der Waals surface area contributed by atoms with Crippen LogP contribution in [0.3, 0.4) is 0 Å². The van der Waals surface area contributed by atoms with Gasteiger partial charge in [0.15, 0.2) is 0 Å². The van der Waals surface area contributed by atoms with Gasteiger partial charge in [-0.25, -0.2) is 4.79 Å². The maximum atomic E-state index is 12.1. The van der Waals surface area contributed by atoms with Gasteiger partial charge in [0.05, 0.1) is 0 Å². The van der Waals surface area contributed by atoms with E-state index in [2.05, 4.69) is 10.6 Å². The number of hydrogen-bond donors (Lipinski definition) is 2. The van der Waals surface area contributed by atoms with Crippen molar-refractivity contribution in [1.82, 2.24) is 4.90 Å². The van der Waals surface area contributed by atoms with Gasteiger partial charge in [0.25, 0.3) is 5.91 Å². The fraction of sp³-hybridized carbons (Fsp3) is 0.222. The molecule has 0 saturated carbocycles. The summed E-state index contributed by atoms with van der Waals surface area (Å²) in [5, 5.41) is 5.66. The summed E-state index contributed by atoms with van der Waals surface area (Å²) in [5.74, 6) is -0.183. The van der Waals surface area contributed by atoms with Gasteiger partial charge in [-0.15, -0.1) is 0 Å². The van der Waals surface area contributed by atoms with Gasteiger partial charge < -0.3 is 15.5 Å². The zero-order valence-corrected chi connectivity index (χ0v) is 13.4. The number of hydrogen-bond acceptors (Lipinski definition) is 2. The van der Waals surface area contributed by atoms with Crippen molar-refractivity contribution in [2.24, 2.45) is 0 Å². The molecule has 0 aliphatic carbocycles. The summed E-state index contributed by atoms with van der Waals surface area (Å²) in [5.41, 5.74) is 1.87. The minimum atomic E-state index is -0.183. The van der Waals surface area contributed by atoms with Crippen LogP contribution >= 0.6 is 0 Å². The summed E-state index contributed by atoms with van der Waals surface area (Å²) >= 11 is 0. The Morgan fingerprint density at radius 2 is 1.48 bits per heavy atom. The van der Waals surface area contributed by atoms with Crippen LogP contribution in [0.4, 0.5) is 16.2 Å². The van der Waals surface area contributed by atoms with Crippen molar-refractivity contribution in [3.8, 4) is 0 Å². The molecule has 0 unspecified atom stereocenters. The van der Waals surface area contributed by atoms with Crippen LogP contribution in [0.2, 0.25) is 0 Å². The molecule has 5 nitrogen and oxygen atoms in total. The highest BCUT2D eigenvalue weighted by Gasteiger charge is 2.10. The average molecular weight is 311 g/mol. The molecule has 0 spiro atoms. The van der Waals surface area contributed by atoms with Crippen molar-refractivity contribution >= 4 is 23.3 Å².